The maximum Gasteiger partial charge on any atom is 0.475 e. The van der Waals surface area contributed by atoms with Crippen LogP contribution >= 0.6 is 7.82 Å². The van der Waals surface area contributed by atoms with Crippen molar-refractivity contribution in [2.75, 3.05) is 40.1 Å². The highest BCUT2D eigenvalue weighted by Gasteiger charge is 2.48. The molecular weight excluding hydrogens is 413 g/mol. The maximum absolute atomic E-state index is 12.8. The molecule has 1 amide bonds. The Bertz CT molecular complexity index is 606. The van der Waals surface area contributed by atoms with Crippen molar-refractivity contribution in [2.45, 2.75) is 64.9 Å². The summed E-state index contributed by atoms with van der Waals surface area (Å²) in [6.07, 6.45) is 5.92. The van der Waals surface area contributed by atoms with E-state index in [-0.39, 0.29) is 26.2 Å². The van der Waals surface area contributed by atoms with Crippen molar-refractivity contribution in [2.24, 2.45) is 11.3 Å². The zero-order valence-electron chi connectivity index (χ0n) is 18.4. The molecule has 1 aliphatic heterocycles. The Hall–Kier alpha value is -0.990. The van der Waals surface area contributed by atoms with Crippen molar-refractivity contribution in [3.05, 3.63) is 0 Å². The molecule has 0 radical (unpaired) electrons. The van der Waals surface area contributed by atoms with Crippen LogP contribution < -0.4 is 5.32 Å². The van der Waals surface area contributed by atoms with Crippen molar-refractivity contribution in [3.63, 3.8) is 0 Å². The fourth-order valence-corrected chi connectivity index (χ4v) is 5.20. The summed E-state index contributed by atoms with van der Waals surface area (Å²) in [5, 5.41) is 2.61. The Morgan fingerprint density at radius 1 is 1.17 bits per heavy atom. The van der Waals surface area contributed by atoms with Gasteiger partial charge in [-0.3, -0.25) is 23.2 Å². The van der Waals surface area contributed by atoms with Crippen LogP contribution in [0.3, 0.4) is 0 Å². The highest BCUT2D eigenvalue weighted by molar-refractivity contribution is 7.48. The number of carbonyl (C=O) groups is 2. The second-order valence-corrected chi connectivity index (χ2v) is 10.2. The van der Waals surface area contributed by atoms with Crippen molar-refractivity contribution in [1.82, 2.24) is 5.32 Å². The van der Waals surface area contributed by atoms with E-state index in [1.54, 1.807) is 13.8 Å². The number of nitrogens with one attached hydrogen (secondary N) is 1. The molecule has 1 heterocycles. The Morgan fingerprint density at radius 2 is 1.90 bits per heavy atom. The quantitative estimate of drug-likeness (QED) is 0.291. The average molecular weight is 449 g/mol. The van der Waals surface area contributed by atoms with Gasteiger partial charge in [0, 0.05) is 25.2 Å². The first-order valence-corrected chi connectivity index (χ1v) is 12.2. The summed E-state index contributed by atoms with van der Waals surface area (Å²) < 4.78 is 39.2. The summed E-state index contributed by atoms with van der Waals surface area (Å²) in [5.41, 5.74) is -0.699. The summed E-state index contributed by atoms with van der Waals surface area (Å²) in [7, 11) is -2.56. The highest BCUT2D eigenvalue weighted by Crippen LogP contribution is 2.57. The number of phosphoric acid groups is 1. The topological polar surface area (TPSA) is 109 Å². The summed E-state index contributed by atoms with van der Waals surface area (Å²) in [4.78, 5) is 23.7. The van der Waals surface area contributed by atoms with Gasteiger partial charge in [-0.15, -0.1) is 0 Å². The van der Waals surface area contributed by atoms with Gasteiger partial charge in [-0.1, -0.05) is 33.1 Å². The average Bonchev–Trinajstić information content (AvgIpc) is 2.73. The van der Waals surface area contributed by atoms with Crippen LogP contribution in [0.4, 0.5) is 0 Å². The first kappa shape index (κ1) is 25.3. The Morgan fingerprint density at radius 3 is 2.60 bits per heavy atom. The summed E-state index contributed by atoms with van der Waals surface area (Å²) in [6, 6.07) is 0. The van der Waals surface area contributed by atoms with Gasteiger partial charge in [0.15, 0.2) is 6.10 Å². The third kappa shape index (κ3) is 8.27. The third-order valence-corrected chi connectivity index (χ3v) is 6.81. The van der Waals surface area contributed by atoms with Crippen LogP contribution in [0.25, 0.3) is 0 Å². The molecule has 2 aliphatic rings. The lowest BCUT2D eigenvalue weighted by atomic mass is 9.87. The van der Waals surface area contributed by atoms with Gasteiger partial charge in [-0.2, -0.15) is 0 Å². The van der Waals surface area contributed by atoms with Gasteiger partial charge in [-0.05, 0) is 25.2 Å². The molecule has 1 N–H and O–H groups in total. The largest absolute Gasteiger partial charge is 0.475 e. The lowest BCUT2D eigenvalue weighted by Crippen LogP contribution is -2.50. The van der Waals surface area contributed by atoms with Gasteiger partial charge in [0.05, 0.1) is 26.7 Å². The zero-order chi connectivity index (χ0) is 22.0. The predicted octanol–water partition coefficient (Wildman–Crippen LogP) is 3.22. The molecule has 2 rings (SSSR count). The normalized spacial score (nSPS) is 26.8. The molecule has 2 atom stereocenters. The number of ether oxygens (including phenoxy) is 2. The van der Waals surface area contributed by atoms with Crippen LogP contribution in [0.2, 0.25) is 0 Å². The van der Waals surface area contributed by atoms with Crippen molar-refractivity contribution >= 4 is 19.7 Å². The van der Waals surface area contributed by atoms with E-state index in [1.807, 2.05) is 0 Å². The van der Waals surface area contributed by atoms with E-state index in [9.17, 15) is 14.2 Å². The van der Waals surface area contributed by atoms with Crippen molar-refractivity contribution < 1.29 is 37.2 Å². The van der Waals surface area contributed by atoms with Gasteiger partial charge >= 0.3 is 13.8 Å². The lowest BCUT2D eigenvalue weighted by molar-refractivity contribution is -0.143. The van der Waals surface area contributed by atoms with Gasteiger partial charge in [0.25, 0.3) is 0 Å². The number of methoxy groups -OCH3 is 1. The van der Waals surface area contributed by atoms with Crippen LogP contribution in [0.1, 0.15) is 58.8 Å². The van der Waals surface area contributed by atoms with Crippen LogP contribution in [0, 0.1) is 11.3 Å². The molecule has 0 aromatic carbocycles. The maximum atomic E-state index is 12.8. The molecule has 10 heteroatoms. The van der Waals surface area contributed by atoms with Gasteiger partial charge < -0.3 is 14.8 Å². The van der Waals surface area contributed by atoms with Crippen molar-refractivity contribution in [3.8, 4) is 0 Å². The molecule has 174 valence electrons. The molecule has 9 nitrogen and oxygen atoms in total. The van der Waals surface area contributed by atoms with Crippen LogP contribution in [-0.2, 0) is 37.2 Å². The second kappa shape index (κ2) is 12.2. The minimum Gasteiger partial charge on any atom is -0.469 e. The molecule has 0 bridgehead atoms. The fourth-order valence-electron chi connectivity index (χ4n) is 3.52. The summed E-state index contributed by atoms with van der Waals surface area (Å²) in [5.74, 6) is -0.252. The van der Waals surface area contributed by atoms with E-state index in [0.29, 0.717) is 18.9 Å². The number of hydrogen-bond acceptors (Lipinski definition) is 8. The molecule has 0 aromatic rings. The number of esters is 1. The van der Waals surface area contributed by atoms with E-state index < -0.39 is 31.2 Å². The minimum absolute atomic E-state index is 0.0426. The number of phosphoric ester groups is 1. The monoisotopic (exact) mass is 449 g/mol. The van der Waals surface area contributed by atoms with E-state index in [4.69, 9.17) is 18.3 Å². The van der Waals surface area contributed by atoms with E-state index in [0.717, 1.165) is 6.61 Å². The minimum atomic E-state index is -3.84. The van der Waals surface area contributed by atoms with Gasteiger partial charge in [0.1, 0.15) is 0 Å². The third-order valence-electron chi connectivity index (χ3n) is 5.39. The van der Waals surface area contributed by atoms with Crippen molar-refractivity contribution in [1.29, 1.82) is 0 Å². The van der Waals surface area contributed by atoms with Crippen LogP contribution in [-0.4, -0.2) is 58.1 Å². The molecule has 1 unspecified atom stereocenters. The smallest absolute Gasteiger partial charge is 0.469 e. The van der Waals surface area contributed by atoms with E-state index in [1.165, 1.54) is 39.2 Å². The molecule has 1 saturated heterocycles. The second-order valence-electron chi connectivity index (χ2n) is 8.58. The molecule has 1 aliphatic carbocycles. The number of rotatable bonds is 11. The molecule has 30 heavy (non-hydrogen) atoms. The predicted molar refractivity (Wildman–Crippen MR) is 110 cm³/mol. The fraction of sp³-hybridized carbons (Fsp3) is 0.900. The number of hydrogen-bond donors (Lipinski definition) is 1. The Balaban J connectivity index is 1.71. The molecule has 1 saturated carbocycles. The van der Waals surface area contributed by atoms with Gasteiger partial charge in [-0.25, -0.2) is 4.57 Å². The summed E-state index contributed by atoms with van der Waals surface area (Å²) in [6.45, 7) is 5.13. The molecular formula is C20H36NO8P. The van der Waals surface area contributed by atoms with E-state index >= 15 is 0 Å². The SMILES string of the molecule is COC(=O)CCNC(=O)[C@@H]1OP(=O)(OCCCOCC2CCCCC2)OCC1(C)C. The first-order valence-electron chi connectivity index (χ1n) is 10.8. The Kier molecular flexibility index (Phi) is 10.2. The van der Waals surface area contributed by atoms with E-state index in [2.05, 4.69) is 10.1 Å². The number of amides is 1. The van der Waals surface area contributed by atoms with Gasteiger partial charge in [0.2, 0.25) is 5.91 Å². The summed E-state index contributed by atoms with van der Waals surface area (Å²) >= 11 is 0. The lowest BCUT2D eigenvalue weighted by Gasteiger charge is -2.39. The van der Waals surface area contributed by atoms with Crippen LogP contribution in [0.15, 0.2) is 0 Å². The molecule has 2 fully saturated rings. The van der Waals surface area contributed by atoms with Crippen LogP contribution in [0.5, 0.6) is 0 Å². The molecule has 0 aromatic heterocycles. The Labute approximate surface area is 179 Å². The zero-order valence-corrected chi connectivity index (χ0v) is 19.2. The number of carbonyl (C=O) groups excluding carboxylic acids is 2. The first-order chi connectivity index (χ1) is 14.3. The molecule has 0 spiro atoms. The standard InChI is InChI=1S/C20H36NO8P/c1-20(2)15-28-30(24,29-18(20)19(23)21-11-10-17(22)25-3)27-13-7-12-26-14-16-8-5-4-6-9-16/h16,18H,4-15H2,1-3H3,(H,21,23)/t18-,30?/m0/s1. The highest BCUT2D eigenvalue weighted by atomic mass is 31.2.